The van der Waals surface area contributed by atoms with E-state index >= 15 is 0 Å². The Bertz CT molecular complexity index is 1070. The molecule has 6 nitrogen and oxygen atoms in total. The first-order valence-corrected chi connectivity index (χ1v) is 12.9. The van der Waals surface area contributed by atoms with Crippen LogP contribution in [0.5, 0.6) is 0 Å². The molecule has 5 aliphatic heterocycles. The first-order chi connectivity index (χ1) is 16.0. The second-order valence-electron chi connectivity index (χ2n) is 10.0. The van der Waals surface area contributed by atoms with E-state index in [-0.39, 0.29) is 12.0 Å². The number of likely N-dealkylation sites (tertiary alicyclic amines) is 1. The molecule has 1 aromatic heterocycles. The van der Waals surface area contributed by atoms with Crippen molar-refractivity contribution >= 4 is 23.6 Å². The summed E-state index contributed by atoms with van der Waals surface area (Å²) in [5, 5.41) is 0.380. The topological polar surface area (TPSA) is 52.6 Å². The number of hydrogen-bond donors (Lipinski definition) is 0. The SMILES string of the molecule is CC1=CCC(C2=CN3C=CC=CC3C2C(=O)N2C[C@@H]3CN(c4nc(C)cc(C)n4)C[C@@H]3C2)S1. The molecular weight excluding hydrogens is 430 g/mol. The second kappa shape index (κ2) is 8.05. The van der Waals surface area contributed by atoms with Crippen molar-refractivity contribution in [2.45, 2.75) is 38.5 Å². The van der Waals surface area contributed by atoms with Gasteiger partial charge in [0.1, 0.15) is 0 Å². The Kier molecular flexibility index (Phi) is 5.13. The quantitative estimate of drug-likeness (QED) is 0.685. The Balaban J connectivity index is 1.18. The number of aromatic nitrogens is 2. The van der Waals surface area contributed by atoms with Gasteiger partial charge in [0.15, 0.2) is 0 Å². The molecule has 0 saturated carbocycles. The molecule has 5 aliphatic rings. The maximum absolute atomic E-state index is 14.0. The number of allylic oxidation sites excluding steroid dienone is 4. The lowest BCUT2D eigenvalue weighted by Crippen LogP contribution is -2.43. The van der Waals surface area contributed by atoms with Crippen LogP contribution in [0.3, 0.4) is 0 Å². The first-order valence-electron chi connectivity index (χ1n) is 12.0. The van der Waals surface area contributed by atoms with E-state index in [4.69, 9.17) is 0 Å². The molecule has 2 fully saturated rings. The molecule has 33 heavy (non-hydrogen) atoms. The Hall–Kier alpha value is -2.54. The Morgan fingerprint density at radius 3 is 2.42 bits per heavy atom. The molecule has 172 valence electrons. The van der Waals surface area contributed by atoms with Crippen LogP contribution >= 0.6 is 11.8 Å². The van der Waals surface area contributed by atoms with E-state index in [9.17, 15) is 4.79 Å². The number of rotatable bonds is 3. The van der Waals surface area contributed by atoms with Crippen LogP contribution in [0.4, 0.5) is 5.95 Å². The van der Waals surface area contributed by atoms with Gasteiger partial charge in [-0.3, -0.25) is 4.79 Å². The summed E-state index contributed by atoms with van der Waals surface area (Å²) in [6, 6.07) is 2.13. The highest BCUT2D eigenvalue weighted by Crippen LogP contribution is 2.45. The second-order valence-corrected chi connectivity index (χ2v) is 11.5. The third kappa shape index (κ3) is 3.70. The minimum Gasteiger partial charge on any atom is -0.346 e. The van der Waals surface area contributed by atoms with E-state index in [2.05, 4.69) is 68.3 Å². The van der Waals surface area contributed by atoms with Crippen LogP contribution < -0.4 is 4.90 Å². The zero-order valence-electron chi connectivity index (χ0n) is 19.5. The van der Waals surface area contributed by atoms with Crippen LogP contribution in [-0.4, -0.2) is 63.1 Å². The molecular formula is C26H31N5OS. The summed E-state index contributed by atoms with van der Waals surface area (Å²) in [5.74, 6) is 2.06. The predicted molar refractivity (Wildman–Crippen MR) is 133 cm³/mol. The maximum Gasteiger partial charge on any atom is 0.232 e. The smallest absolute Gasteiger partial charge is 0.232 e. The number of carbonyl (C=O) groups excluding carboxylic acids is 1. The molecule has 0 N–H and O–H groups in total. The van der Waals surface area contributed by atoms with E-state index in [0.29, 0.717) is 23.0 Å². The Morgan fingerprint density at radius 1 is 1.03 bits per heavy atom. The fourth-order valence-electron chi connectivity index (χ4n) is 6.14. The van der Waals surface area contributed by atoms with E-state index in [1.54, 1.807) is 0 Å². The van der Waals surface area contributed by atoms with Gasteiger partial charge in [-0.05, 0) is 49.8 Å². The molecule has 0 radical (unpaired) electrons. The highest BCUT2D eigenvalue weighted by Gasteiger charge is 2.48. The minimum atomic E-state index is -0.0827. The van der Waals surface area contributed by atoms with Gasteiger partial charge in [0, 0.05) is 67.1 Å². The van der Waals surface area contributed by atoms with Gasteiger partial charge in [-0.1, -0.05) is 18.2 Å². The van der Waals surface area contributed by atoms with E-state index in [1.165, 1.54) is 10.5 Å². The van der Waals surface area contributed by atoms with Gasteiger partial charge in [0.25, 0.3) is 0 Å². The third-order valence-corrected chi connectivity index (χ3v) is 8.94. The van der Waals surface area contributed by atoms with Gasteiger partial charge in [0.05, 0.1) is 12.0 Å². The van der Waals surface area contributed by atoms with E-state index in [0.717, 1.165) is 49.9 Å². The molecule has 6 heterocycles. The number of carbonyl (C=O) groups is 1. The van der Waals surface area contributed by atoms with Gasteiger partial charge in [0.2, 0.25) is 11.9 Å². The summed E-state index contributed by atoms with van der Waals surface area (Å²) in [7, 11) is 0. The molecule has 0 aliphatic carbocycles. The lowest BCUT2D eigenvalue weighted by molar-refractivity contribution is -0.134. The van der Waals surface area contributed by atoms with Gasteiger partial charge < -0.3 is 14.7 Å². The lowest BCUT2D eigenvalue weighted by Gasteiger charge is -2.31. The van der Waals surface area contributed by atoms with Crippen LogP contribution in [0.25, 0.3) is 0 Å². The molecule has 7 heteroatoms. The first kappa shape index (κ1) is 21.0. The Morgan fingerprint density at radius 2 is 1.76 bits per heavy atom. The van der Waals surface area contributed by atoms with Crippen molar-refractivity contribution in [3.63, 3.8) is 0 Å². The molecule has 1 aromatic rings. The summed E-state index contributed by atoms with van der Waals surface area (Å²) < 4.78 is 0. The minimum absolute atomic E-state index is 0.0827. The van der Waals surface area contributed by atoms with Crippen LogP contribution in [0.15, 0.2) is 53.2 Å². The number of aryl methyl sites for hydroxylation is 2. The molecule has 2 saturated heterocycles. The molecule has 0 bridgehead atoms. The summed E-state index contributed by atoms with van der Waals surface area (Å²) >= 11 is 1.92. The maximum atomic E-state index is 14.0. The van der Waals surface area contributed by atoms with Gasteiger partial charge in [-0.25, -0.2) is 9.97 Å². The number of hydrogen-bond acceptors (Lipinski definition) is 6. The number of amides is 1. The number of thioether (sulfide) groups is 1. The largest absolute Gasteiger partial charge is 0.346 e. The van der Waals surface area contributed by atoms with Crippen LogP contribution in [0, 0.1) is 31.6 Å². The van der Waals surface area contributed by atoms with Crippen molar-refractivity contribution in [1.29, 1.82) is 0 Å². The fourth-order valence-corrected chi connectivity index (χ4v) is 7.32. The predicted octanol–water partition coefficient (Wildman–Crippen LogP) is 3.67. The van der Waals surface area contributed by atoms with Crippen molar-refractivity contribution in [2.24, 2.45) is 17.8 Å². The van der Waals surface area contributed by atoms with Crippen molar-refractivity contribution in [3.8, 4) is 0 Å². The molecule has 0 aromatic carbocycles. The molecule has 3 unspecified atom stereocenters. The number of fused-ring (bicyclic) bond motifs is 2. The number of anilines is 1. The van der Waals surface area contributed by atoms with Gasteiger partial charge in [-0.15, -0.1) is 11.8 Å². The summed E-state index contributed by atoms with van der Waals surface area (Å²) in [6.07, 6.45) is 14.0. The zero-order valence-corrected chi connectivity index (χ0v) is 20.3. The highest BCUT2D eigenvalue weighted by atomic mass is 32.2. The van der Waals surface area contributed by atoms with E-state index in [1.807, 2.05) is 31.7 Å². The summed E-state index contributed by atoms with van der Waals surface area (Å²) in [6.45, 7) is 9.79. The van der Waals surface area contributed by atoms with Crippen molar-refractivity contribution in [1.82, 2.24) is 19.8 Å². The van der Waals surface area contributed by atoms with Gasteiger partial charge >= 0.3 is 0 Å². The zero-order chi connectivity index (χ0) is 22.7. The van der Waals surface area contributed by atoms with E-state index < -0.39 is 0 Å². The molecule has 5 atom stereocenters. The van der Waals surface area contributed by atoms with Crippen molar-refractivity contribution in [2.75, 3.05) is 31.1 Å². The molecule has 6 rings (SSSR count). The third-order valence-electron chi connectivity index (χ3n) is 7.66. The van der Waals surface area contributed by atoms with Crippen LogP contribution in [0.2, 0.25) is 0 Å². The van der Waals surface area contributed by atoms with Crippen molar-refractivity contribution in [3.05, 3.63) is 64.6 Å². The average Bonchev–Trinajstić information content (AvgIpc) is 3.53. The van der Waals surface area contributed by atoms with Crippen LogP contribution in [-0.2, 0) is 4.79 Å². The number of nitrogens with zero attached hydrogens (tertiary/aromatic N) is 5. The standard InChI is InChI=1S/C26H31N5OS/c1-16-10-17(2)28-26(27-16)31-13-19-11-30(12-20(19)14-31)25(32)24-21(23-8-7-18(3)33-23)15-29-9-5-4-6-22(24)29/h4-7,9-10,15,19-20,22-24H,8,11-14H2,1-3H3/t19-,20+,22?,23?,24?. The summed E-state index contributed by atoms with van der Waals surface area (Å²) in [5.41, 5.74) is 3.32. The monoisotopic (exact) mass is 461 g/mol. The lowest BCUT2D eigenvalue weighted by atomic mass is 9.89. The fraction of sp³-hybridized carbons (Fsp3) is 0.500. The Labute approximate surface area is 200 Å². The molecule has 1 amide bonds. The van der Waals surface area contributed by atoms with Crippen molar-refractivity contribution < 1.29 is 4.79 Å². The molecule has 0 spiro atoms. The average molecular weight is 462 g/mol. The normalized spacial score (nSPS) is 32.3. The van der Waals surface area contributed by atoms with Gasteiger partial charge in [-0.2, -0.15) is 0 Å². The summed E-state index contributed by atoms with van der Waals surface area (Å²) in [4.78, 5) is 31.4. The highest BCUT2D eigenvalue weighted by molar-refractivity contribution is 8.04. The van der Waals surface area contributed by atoms with Crippen LogP contribution in [0.1, 0.15) is 24.7 Å².